The lowest BCUT2D eigenvalue weighted by atomic mass is 10.2. The maximum absolute atomic E-state index is 9.29. The molecule has 6 heteroatoms. The van der Waals surface area contributed by atoms with Gasteiger partial charge in [-0.05, 0) is 25.0 Å². The standard InChI is InChI=1S/C15H16N4OS/c16-8-11-12-5-1-2-6-19(12)14(13(11)17)15(21)18-9-10-4-3-7-20-10/h1-2,5-6,10H,3-4,7,9,17H2,(H,18,21). The number of nitrogens with one attached hydrogen (secondary N) is 1. The Bertz CT molecular complexity index is 725. The monoisotopic (exact) mass is 300 g/mol. The van der Waals surface area contributed by atoms with Gasteiger partial charge in [0.05, 0.1) is 17.3 Å². The molecule has 2 aromatic heterocycles. The maximum atomic E-state index is 9.29. The molecular weight excluding hydrogens is 284 g/mol. The van der Waals surface area contributed by atoms with Crippen molar-refractivity contribution in [3.63, 3.8) is 0 Å². The Labute approximate surface area is 128 Å². The van der Waals surface area contributed by atoms with Gasteiger partial charge in [-0.1, -0.05) is 18.3 Å². The molecule has 2 aromatic rings. The first-order valence-corrected chi connectivity index (χ1v) is 7.31. The van der Waals surface area contributed by atoms with Crippen molar-refractivity contribution >= 4 is 28.4 Å². The Morgan fingerprint density at radius 1 is 1.57 bits per heavy atom. The molecule has 108 valence electrons. The molecule has 1 aliphatic rings. The minimum Gasteiger partial charge on any atom is -0.396 e. The molecule has 0 spiro atoms. The summed E-state index contributed by atoms with van der Waals surface area (Å²) in [6.07, 6.45) is 4.20. The molecular formula is C15H16N4OS. The van der Waals surface area contributed by atoms with Crippen molar-refractivity contribution in [2.75, 3.05) is 18.9 Å². The van der Waals surface area contributed by atoms with E-state index in [2.05, 4.69) is 11.4 Å². The number of hydrogen-bond donors (Lipinski definition) is 2. The number of ether oxygens (including phenoxy) is 1. The zero-order valence-electron chi connectivity index (χ0n) is 11.5. The van der Waals surface area contributed by atoms with Crippen molar-refractivity contribution in [1.29, 1.82) is 5.26 Å². The number of nitrogen functional groups attached to an aromatic ring is 1. The van der Waals surface area contributed by atoms with Crippen LogP contribution in [0.25, 0.3) is 5.52 Å². The molecule has 1 aliphatic heterocycles. The molecule has 21 heavy (non-hydrogen) atoms. The molecule has 0 saturated carbocycles. The van der Waals surface area contributed by atoms with Crippen LogP contribution in [-0.2, 0) is 4.74 Å². The Hall–Kier alpha value is -2.10. The number of fused-ring (bicyclic) bond motifs is 1. The predicted octanol–water partition coefficient (Wildman–Crippen LogP) is 1.84. The second-order valence-electron chi connectivity index (χ2n) is 5.05. The zero-order chi connectivity index (χ0) is 14.8. The maximum Gasteiger partial charge on any atom is 0.125 e. The van der Waals surface area contributed by atoms with Crippen LogP contribution in [0.4, 0.5) is 5.69 Å². The molecule has 0 amide bonds. The lowest BCUT2D eigenvalue weighted by molar-refractivity contribution is 0.114. The summed E-state index contributed by atoms with van der Waals surface area (Å²) in [6, 6.07) is 7.78. The summed E-state index contributed by atoms with van der Waals surface area (Å²) >= 11 is 5.45. The predicted molar refractivity (Wildman–Crippen MR) is 85.2 cm³/mol. The summed E-state index contributed by atoms with van der Waals surface area (Å²) in [5.74, 6) is 0. The van der Waals surface area contributed by atoms with Crippen molar-refractivity contribution in [3.05, 3.63) is 35.7 Å². The van der Waals surface area contributed by atoms with E-state index in [-0.39, 0.29) is 6.10 Å². The molecule has 3 rings (SSSR count). The van der Waals surface area contributed by atoms with E-state index in [1.807, 2.05) is 28.8 Å². The molecule has 1 atom stereocenters. The average Bonchev–Trinajstić information content (AvgIpc) is 3.09. The first kappa shape index (κ1) is 13.9. The van der Waals surface area contributed by atoms with Gasteiger partial charge in [0, 0.05) is 19.3 Å². The molecule has 0 aliphatic carbocycles. The molecule has 0 bridgehead atoms. The zero-order valence-corrected chi connectivity index (χ0v) is 12.3. The summed E-state index contributed by atoms with van der Waals surface area (Å²) in [7, 11) is 0. The van der Waals surface area contributed by atoms with Gasteiger partial charge >= 0.3 is 0 Å². The van der Waals surface area contributed by atoms with Crippen LogP contribution in [0.5, 0.6) is 0 Å². The van der Waals surface area contributed by atoms with Crippen molar-refractivity contribution in [2.45, 2.75) is 18.9 Å². The molecule has 5 nitrogen and oxygen atoms in total. The number of anilines is 1. The number of nitriles is 1. The van der Waals surface area contributed by atoms with Gasteiger partial charge in [-0.25, -0.2) is 0 Å². The SMILES string of the molecule is N#Cc1c(N)c(C(=S)NCC2CCCO2)n2ccccc12. The highest BCUT2D eigenvalue weighted by atomic mass is 32.1. The third-order valence-electron chi connectivity index (χ3n) is 3.72. The fourth-order valence-corrected chi connectivity index (χ4v) is 2.96. The summed E-state index contributed by atoms with van der Waals surface area (Å²) in [4.78, 5) is 0.547. The van der Waals surface area contributed by atoms with Crippen molar-refractivity contribution in [3.8, 4) is 6.07 Å². The van der Waals surface area contributed by atoms with Crippen molar-refractivity contribution in [1.82, 2.24) is 9.72 Å². The van der Waals surface area contributed by atoms with E-state index in [1.165, 1.54) is 0 Å². The van der Waals surface area contributed by atoms with Crippen LogP contribution >= 0.6 is 12.2 Å². The van der Waals surface area contributed by atoms with E-state index >= 15 is 0 Å². The minimum atomic E-state index is 0.200. The van der Waals surface area contributed by atoms with Gasteiger partial charge in [-0.2, -0.15) is 5.26 Å². The topological polar surface area (TPSA) is 75.5 Å². The Balaban J connectivity index is 1.90. The highest BCUT2D eigenvalue weighted by Crippen LogP contribution is 2.25. The fourth-order valence-electron chi connectivity index (χ4n) is 2.67. The number of hydrogen-bond acceptors (Lipinski definition) is 4. The van der Waals surface area contributed by atoms with Crippen molar-refractivity contribution < 1.29 is 4.74 Å². The van der Waals surface area contributed by atoms with E-state index in [1.54, 1.807) is 0 Å². The van der Waals surface area contributed by atoms with Gasteiger partial charge in [0.2, 0.25) is 0 Å². The van der Waals surface area contributed by atoms with Crippen LogP contribution in [0.3, 0.4) is 0 Å². The Morgan fingerprint density at radius 3 is 3.14 bits per heavy atom. The first-order chi connectivity index (χ1) is 10.2. The number of nitrogens with two attached hydrogens (primary N) is 1. The van der Waals surface area contributed by atoms with Crippen LogP contribution in [0.15, 0.2) is 24.4 Å². The van der Waals surface area contributed by atoms with E-state index in [9.17, 15) is 5.26 Å². The molecule has 0 aromatic carbocycles. The van der Waals surface area contributed by atoms with Gasteiger partial charge in [0.25, 0.3) is 0 Å². The number of aromatic nitrogens is 1. The molecule has 3 N–H and O–H groups in total. The first-order valence-electron chi connectivity index (χ1n) is 6.90. The molecule has 1 saturated heterocycles. The largest absolute Gasteiger partial charge is 0.396 e. The lowest BCUT2D eigenvalue weighted by Crippen LogP contribution is -2.32. The molecule has 1 unspecified atom stereocenters. The molecule has 0 radical (unpaired) electrons. The van der Waals surface area contributed by atoms with Gasteiger partial charge in [0.15, 0.2) is 0 Å². The smallest absolute Gasteiger partial charge is 0.125 e. The van der Waals surface area contributed by atoms with Gasteiger partial charge in [-0.15, -0.1) is 0 Å². The van der Waals surface area contributed by atoms with E-state index in [0.29, 0.717) is 28.5 Å². The Morgan fingerprint density at radius 2 is 2.43 bits per heavy atom. The van der Waals surface area contributed by atoms with E-state index in [0.717, 1.165) is 25.0 Å². The lowest BCUT2D eigenvalue weighted by Gasteiger charge is -2.13. The van der Waals surface area contributed by atoms with E-state index < -0.39 is 0 Å². The third kappa shape index (κ3) is 2.46. The summed E-state index contributed by atoms with van der Waals surface area (Å²) in [6.45, 7) is 1.48. The summed E-state index contributed by atoms with van der Waals surface area (Å²) in [5.41, 5.74) is 8.45. The summed E-state index contributed by atoms with van der Waals surface area (Å²) < 4.78 is 7.43. The highest BCUT2D eigenvalue weighted by Gasteiger charge is 2.20. The Kier molecular flexibility index (Phi) is 3.78. The fraction of sp³-hybridized carbons (Fsp3) is 0.333. The minimum absolute atomic E-state index is 0.200. The van der Waals surface area contributed by atoms with Crippen LogP contribution in [0.1, 0.15) is 24.1 Å². The molecule has 1 fully saturated rings. The van der Waals surface area contributed by atoms with Crippen molar-refractivity contribution in [2.24, 2.45) is 0 Å². The molecule has 3 heterocycles. The van der Waals surface area contributed by atoms with Gasteiger partial charge in [0.1, 0.15) is 22.3 Å². The quantitative estimate of drug-likeness (QED) is 0.846. The van der Waals surface area contributed by atoms with E-state index in [4.69, 9.17) is 22.7 Å². The number of thiocarbonyl (C=S) groups is 1. The highest BCUT2D eigenvalue weighted by molar-refractivity contribution is 7.80. The normalized spacial score (nSPS) is 17.8. The average molecular weight is 300 g/mol. The van der Waals surface area contributed by atoms with Gasteiger partial charge in [-0.3, -0.25) is 0 Å². The van der Waals surface area contributed by atoms with Crippen LogP contribution in [-0.4, -0.2) is 28.6 Å². The number of rotatable bonds is 3. The van der Waals surface area contributed by atoms with Crippen LogP contribution in [0.2, 0.25) is 0 Å². The van der Waals surface area contributed by atoms with Gasteiger partial charge < -0.3 is 20.2 Å². The third-order valence-corrected chi connectivity index (χ3v) is 4.06. The summed E-state index contributed by atoms with van der Waals surface area (Å²) in [5, 5.41) is 12.5. The number of nitrogens with zero attached hydrogens (tertiary/aromatic N) is 2. The second-order valence-corrected chi connectivity index (χ2v) is 5.46. The second kappa shape index (κ2) is 5.72. The van der Waals surface area contributed by atoms with Crippen LogP contribution in [0, 0.1) is 11.3 Å². The van der Waals surface area contributed by atoms with Crippen LogP contribution < -0.4 is 11.1 Å². The number of pyridine rings is 1.